The molecule has 0 unspecified atom stereocenters. The summed E-state index contributed by atoms with van der Waals surface area (Å²) in [6.45, 7) is 4.74. The summed E-state index contributed by atoms with van der Waals surface area (Å²) in [5.74, 6) is -0.721. The van der Waals surface area contributed by atoms with E-state index in [1.54, 1.807) is 20.8 Å². The summed E-state index contributed by atoms with van der Waals surface area (Å²) >= 11 is 0. The Morgan fingerprint density at radius 2 is 2.00 bits per heavy atom. The fourth-order valence-corrected chi connectivity index (χ4v) is 1.24. The minimum Gasteiger partial charge on any atom is -0.467 e. The maximum Gasteiger partial charge on any atom is 0.420 e. The van der Waals surface area contributed by atoms with Crippen molar-refractivity contribution in [2.45, 2.75) is 32.4 Å². The molecule has 0 saturated carbocycles. The van der Waals surface area contributed by atoms with E-state index in [-0.39, 0.29) is 6.61 Å². The monoisotopic (exact) mass is 245 g/mol. The molecule has 1 aliphatic heterocycles. The van der Waals surface area contributed by atoms with Crippen molar-refractivity contribution in [2.75, 3.05) is 13.7 Å². The van der Waals surface area contributed by atoms with E-state index in [0.29, 0.717) is 4.90 Å². The molecule has 1 rings (SSSR count). The largest absolute Gasteiger partial charge is 0.467 e. The fourth-order valence-electron chi connectivity index (χ4n) is 1.24. The molecule has 1 atom stereocenters. The van der Waals surface area contributed by atoms with Gasteiger partial charge in [-0.2, -0.15) is 4.90 Å². The molecule has 1 fully saturated rings. The molecule has 17 heavy (non-hydrogen) atoms. The number of hydrogen-bond donors (Lipinski definition) is 0. The second-order valence-electron chi connectivity index (χ2n) is 4.47. The van der Waals surface area contributed by atoms with E-state index in [1.807, 2.05) is 0 Å². The van der Waals surface area contributed by atoms with Gasteiger partial charge in [-0.25, -0.2) is 14.4 Å². The summed E-state index contributed by atoms with van der Waals surface area (Å²) in [4.78, 5) is 35.0. The molecule has 0 N–H and O–H groups in total. The average Bonchev–Trinajstić information content (AvgIpc) is 2.56. The van der Waals surface area contributed by atoms with E-state index in [2.05, 4.69) is 9.47 Å². The molecule has 0 aliphatic carbocycles. The van der Waals surface area contributed by atoms with Gasteiger partial charge in [-0.05, 0) is 20.8 Å². The maximum atomic E-state index is 11.7. The standard InChI is InChI=1S/C10H15NO6/c1-10(2,3)17-9(14)11-6(7(12)15-4)5-16-8(11)13/h6H,5H2,1-4H3/t6-/m0/s1. The molecule has 7 heteroatoms. The van der Waals surface area contributed by atoms with Crippen molar-refractivity contribution in [2.24, 2.45) is 0 Å². The number of hydrogen-bond acceptors (Lipinski definition) is 6. The fraction of sp³-hybridized carbons (Fsp3) is 0.700. The summed E-state index contributed by atoms with van der Waals surface area (Å²) in [7, 11) is 1.17. The van der Waals surface area contributed by atoms with Crippen molar-refractivity contribution in [1.29, 1.82) is 0 Å². The third kappa shape index (κ3) is 3.08. The van der Waals surface area contributed by atoms with Crippen molar-refractivity contribution in [1.82, 2.24) is 4.90 Å². The van der Waals surface area contributed by atoms with Gasteiger partial charge in [0, 0.05) is 0 Å². The van der Waals surface area contributed by atoms with Gasteiger partial charge >= 0.3 is 18.2 Å². The smallest absolute Gasteiger partial charge is 0.420 e. The summed E-state index contributed by atoms with van der Waals surface area (Å²) < 4.78 is 14.1. The van der Waals surface area contributed by atoms with Crippen molar-refractivity contribution < 1.29 is 28.6 Å². The van der Waals surface area contributed by atoms with Crippen molar-refractivity contribution in [3.05, 3.63) is 0 Å². The van der Waals surface area contributed by atoms with Crippen molar-refractivity contribution in [3.8, 4) is 0 Å². The summed E-state index contributed by atoms with van der Waals surface area (Å²) in [5.41, 5.74) is -0.763. The quantitative estimate of drug-likeness (QED) is 0.504. The molecule has 1 saturated heterocycles. The Labute approximate surface area is 98.6 Å². The molecule has 0 spiro atoms. The Hall–Kier alpha value is -1.79. The van der Waals surface area contributed by atoms with Crippen LogP contribution in [0.5, 0.6) is 0 Å². The van der Waals surface area contributed by atoms with Crippen LogP contribution in [0.25, 0.3) is 0 Å². The van der Waals surface area contributed by atoms with Gasteiger partial charge in [0.05, 0.1) is 7.11 Å². The van der Waals surface area contributed by atoms with E-state index < -0.39 is 29.8 Å². The van der Waals surface area contributed by atoms with E-state index >= 15 is 0 Å². The van der Waals surface area contributed by atoms with Gasteiger partial charge < -0.3 is 14.2 Å². The van der Waals surface area contributed by atoms with Gasteiger partial charge in [0.2, 0.25) is 0 Å². The molecule has 7 nitrogen and oxygen atoms in total. The van der Waals surface area contributed by atoms with E-state index in [1.165, 1.54) is 7.11 Å². The lowest BCUT2D eigenvalue weighted by atomic mass is 10.2. The van der Waals surface area contributed by atoms with Crippen LogP contribution in [0.15, 0.2) is 0 Å². The molecular formula is C10H15NO6. The highest BCUT2D eigenvalue weighted by Crippen LogP contribution is 2.18. The minimum absolute atomic E-state index is 0.218. The summed E-state index contributed by atoms with van der Waals surface area (Å²) in [6.07, 6.45) is -1.83. The average molecular weight is 245 g/mol. The van der Waals surface area contributed by atoms with Gasteiger partial charge in [-0.3, -0.25) is 0 Å². The number of methoxy groups -OCH3 is 1. The molecule has 0 radical (unpaired) electrons. The Kier molecular flexibility index (Phi) is 3.59. The molecule has 0 aromatic carbocycles. The van der Waals surface area contributed by atoms with Gasteiger partial charge in [0.25, 0.3) is 0 Å². The Bertz CT molecular complexity index is 345. The van der Waals surface area contributed by atoms with Crippen molar-refractivity contribution in [3.63, 3.8) is 0 Å². The lowest BCUT2D eigenvalue weighted by molar-refractivity contribution is -0.145. The Balaban J connectivity index is 2.81. The highest BCUT2D eigenvalue weighted by molar-refractivity contribution is 5.96. The Morgan fingerprint density at radius 1 is 1.41 bits per heavy atom. The predicted molar refractivity (Wildman–Crippen MR) is 55.2 cm³/mol. The van der Waals surface area contributed by atoms with E-state index in [0.717, 1.165) is 0 Å². The second kappa shape index (κ2) is 4.60. The zero-order valence-corrected chi connectivity index (χ0v) is 10.2. The number of nitrogens with zero attached hydrogens (tertiary/aromatic N) is 1. The lowest BCUT2D eigenvalue weighted by Crippen LogP contribution is -2.46. The third-order valence-corrected chi connectivity index (χ3v) is 1.94. The topological polar surface area (TPSA) is 82.1 Å². The zero-order valence-electron chi connectivity index (χ0n) is 10.2. The van der Waals surface area contributed by atoms with Gasteiger partial charge in [0.15, 0.2) is 6.04 Å². The van der Waals surface area contributed by atoms with Gasteiger partial charge in [-0.15, -0.1) is 0 Å². The maximum absolute atomic E-state index is 11.7. The van der Waals surface area contributed by atoms with Crippen molar-refractivity contribution >= 4 is 18.2 Å². The SMILES string of the molecule is COC(=O)[C@@H]1COC(=O)N1C(=O)OC(C)(C)C. The van der Waals surface area contributed by atoms with Crippen LogP contribution in [0, 0.1) is 0 Å². The number of cyclic esters (lactones) is 1. The third-order valence-electron chi connectivity index (χ3n) is 1.94. The molecule has 0 aromatic rings. The first-order chi connectivity index (χ1) is 7.76. The molecule has 1 aliphatic rings. The molecule has 0 bridgehead atoms. The zero-order chi connectivity index (χ0) is 13.2. The van der Waals surface area contributed by atoms with E-state index in [9.17, 15) is 14.4 Å². The van der Waals surface area contributed by atoms with Crippen LogP contribution in [-0.2, 0) is 19.0 Å². The van der Waals surface area contributed by atoms with Gasteiger partial charge in [-0.1, -0.05) is 0 Å². The highest BCUT2D eigenvalue weighted by atomic mass is 16.6. The number of amides is 2. The van der Waals surface area contributed by atoms with Crippen LogP contribution >= 0.6 is 0 Å². The molecule has 2 amide bonds. The number of ether oxygens (including phenoxy) is 3. The number of rotatable bonds is 1. The second-order valence-corrected chi connectivity index (χ2v) is 4.47. The van der Waals surface area contributed by atoms with Gasteiger partial charge in [0.1, 0.15) is 12.2 Å². The number of carbonyl (C=O) groups is 3. The number of esters is 1. The normalized spacial score (nSPS) is 19.9. The highest BCUT2D eigenvalue weighted by Gasteiger charge is 2.45. The molecule has 1 heterocycles. The number of imide groups is 1. The van der Waals surface area contributed by atoms with Crippen LogP contribution < -0.4 is 0 Å². The molecule has 96 valence electrons. The van der Waals surface area contributed by atoms with Crippen LogP contribution in [0.4, 0.5) is 9.59 Å². The van der Waals surface area contributed by atoms with E-state index in [4.69, 9.17) is 4.74 Å². The molecule has 0 aromatic heterocycles. The summed E-state index contributed by atoms with van der Waals surface area (Å²) in [5, 5.41) is 0. The molecular weight excluding hydrogens is 230 g/mol. The first-order valence-electron chi connectivity index (χ1n) is 5.03. The first-order valence-corrected chi connectivity index (χ1v) is 5.03. The predicted octanol–water partition coefficient (Wildman–Crippen LogP) is 0.915. The van der Waals surface area contributed by atoms with Crippen LogP contribution in [-0.4, -0.2) is 48.4 Å². The number of carbonyl (C=O) groups excluding carboxylic acids is 3. The van der Waals surface area contributed by atoms with Crippen LogP contribution in [0.1, 0.15) is 20.8 Å². The lowest BCUT2D eigenvalue weighted by Gasteiger charge is -2.24. The first kappa shape index (κ1) is 13.3. The Morgan fingerprint density at radius 3 is 2.47 bits per heavy atom. The van der Waals surface area contributed by atoms with Crippen LogP contribution in [0.3, 0.4) is 0 Å². The minimum atomic E-state index is -1.08. The van der Waals surface area contributed by atoms with Crippen LogP contribution in [0.2, 0.25) is 0 Å². The summed E-state index contributed by atoms with van der Waals surface area (Å²) in [6, 6.07) is -1.08.